The maximum atomic E-state index is 12.8. The average molecular weight is 450 g/mol. The lowest BCUT2D eigenvalue weighted by Crippen LogP contribution is -2.14. The summed E-state index contributed by atoms with van der Waals surface area (Å²) >= 11 is 0. The van der Waals surface area contributed by atoms with Crippen LogP contribution in [0.2, 0.25) is 0 Å². The number of hydrogen-bond acceptors (Lipinski definition) is 4. The predicted octanol–water partition coefficient (Wildman–Crippen LogP) is 4.36. The molecule has 0 spiro atoms. The molecule has 1 aliphatic carbocycles. The summed E-state index contributed by atoms with van der Waals surface area (Å²) in [6, 6.07) is 17.0. The number of nitrogen functional groups attached to an aromatic ring is 1. The normalized spacial score (nSPS) is 12.9. The number of nitrogens with two attached hydrogens (primary N) is 1. The molecule has 0 saturated carbocycles. The van der Waals surface area contributed by atoms with E-state index in [2.05, 4.69) is 22.1 Å². The van der Waals surface area contributed by atoms with Crippen molar-refractivity contribution < 1.29 is 9.90 Å². The summed E-state index contributed by atoms with van der Waals surface area (Å²) in [6.07, 6.45) is 4.54. The molecule has 0 atom stereocenters. The maximum Gasteiger partial charge on any atom is 0.353 e. The number of aromatic amines is 1. The number of aryl methyl sites for hydroxylation is 2. The van der Waals surface area contributed by atoms with Crippen molar-refractivity contribution >= 4 is 33.6 Å². The van der Waals surface area contributed by atoms with Crippen LogP contribution in [0, 0.1) is 0 Å². The first-order valence-corrected chi connectivity index (χ1v) is 11.2. The van der Waals surface area contributed by atoms with Crippen molar-refractivity contribution in [3.05, 3.63) is 93.5 Å². The Morgan fingerprint density at radius 1 is 1.06 bits per heavy atom. The number of aromatic nitrogens is 3. The predicted molar refractivity (Wildman–Crippen MR) is 132 cm³/mol. The van der Waals surface area contributed by atoms with Gasteiger partial charge in [-0.3, -0.25) is 4.79 Å². The number of H-pyrrole nitrogens is 1. The number of carbonyl (C=O) groups is 1. The smallest absolute Gasteiger partial charge is 0.353 e. The molecule has 34 heavy (non-hydrogen) atoms. The summed E-state index contributed by atoms with van der Waals surface area (Å²) in [6.45, 7) is 0.287. The lowest BCUT2D eigenvalue weighted by Gasteiger charge is -2.13. The zero-order chi connectivity index (χ0) is 23.4. The van der Waals surface area contributed by atoms with Crippen LogP contribution in [0.3, 0.4) is 0 Å². The van der Waals surface area contributed by atoms with Gasteiger partial charge in [0.1, 0.15) is 11.5 Å². The van der Waals surface area contributed by atoms with Crippen LogP contribution in [-0.4, -0.2) is 25.6 Å². The minimum Gasteiger partial charge on any atom is -0.477 e. The summed E-state index contributed by atoms with van der Waals surface area (Å²) in [4.78, 5) is 32.6. The van der Waals surface area contributed by atoms with Crippen molar-refractivity contribution in [2.45, 2.75) is 25.8 Å². The number of pyridine rings is 2. The Morgan fingerprint density at radius 3 is 2.65 bits per heavy atom. The van der Waals surface area contributed by atoms with Gasteiger partial charge in [0, 0.05) is 40.2 Å². The first-order valence-electron chi connectivity index (χ1n) is 11.2. The van der Waals surface area contributed by atoms with Gasteiger partial charge in [-0.25, -0.2) is 9.78 Å². The molecule has 2 aromatic carbocycles. The zero-order valence-corrected chi connectivity index (χ0v) is 18.3. The molecule has 5 aromatic rings. The third kappa shape index (κ3) is 3.08. The molecule has 0 bridgehead atoms. The van der Waals surface area contributed by atoms with Crippen LogP contribution in [0.4, 0.5) is 5.82 Å². The quantitative estimate of drug-likeness (QED) is 0.376. The summed E-state index contributed by atoms with van der Waals surface area (Å²) in [5, 5.41) is 12.1. The number of carboxylic acids is 1. The molecule has 0 amide bonds. The molecule has 1 aliphatic rings. The van der Waals surface area contributed by atoms with Gasteiger partial charge in [-0.1, -0.05) is 18.2 Å². The minimum atomic E-state index is -1.08. The van der Waals surface area contributed by atoms with Gasteiger partial charge in [0.05, 0.1) is 5.52 Å². The van der Waals surface area contributed by atoms with E-state index in [9.17, 15) is 14.7 Å². The first-order chi connectivity index (χ1) is 16.5. The molecule has 3 aromatic heterocycles. The van der Waals surface area contributed by atoms with Crippen LogP contribution in [0.25, 0.3) is 32.9 Å². The third-order valence-electron chi connectivity index (χ3n) is 6.72. The second-order valence-electron chi connectivity index (χ2n) is 8.74. The van der Waals surface area contributed by atoms with Gasteiger partial charge in [-0.2, -0.15) is 0 Å². The van der Waals surface area contributed by atoms with Crippen LogP contribution >= 0.6 is 0 Å². The average Bonchev–Trinajstić information content (AvgIpc) is 3.40. The molecule has 6 rings (SSSR count). The van der Waals surface area contributed by atoms with Crippen molar-refractivity contribution in [2.75, 3.05) is 5.73 Å². The maximum absolute atomic E-state index is 12.8. The molecular weight excluding hydrogens is 428 g/mol. The molecule has 168 valence electrons. The minimum absolute atomic E-state index is 0.0924. The highest BCUT2D eigenvalue weighted by Gasteiger charge is 2.27. The summed E-state index contributed by atoms with van der Waals surface area (Å²) in [5.74, 6) is -0.705. The van der Waals surface area contributed by atoms with E-state index in [1.54, 1.807) is 29.0 Å². The summed E-state index contributed by atoms with van der Waals surface area (Å²) in [5.41, 5.74) is 11.5. The molecule has 0 saturated heterocycles. The van der Waals surface area contributed by atoms with Crippen molar-refractivity contribution in [1.82, 2.24) is 14.5 Å². The highest BCUT2D eigenvalue weighted by Crippen LogP contribution is 2.38. The SMILES string of the molecule is Nc1cc(Cn2c(C(=O)O)c(-c3ccc[nH]c3=O)c3cc4c(cc32)CCC4)c2ccccc2n1. The third-order valence-corrected chi connectivity index (χ3v) is 6.72. The number of benzene rings is 2. The largest absolute Gasteiger partial charge is 0.477 e. The first kappa shape index (κ1) is 20.2. The molecule has 0 unspecified atom stereocenters. The van der Waals surface area contributed by atoms with Gasteiger partial charge in [-0.05, 0) is 72.4 Å². The van der Waals surface area contributed by atoms with Gasteiger partial charge < -0.3 is 20.4 Å². The van der Waals surface area contributed by atoms with Gasteiger partial charge in [0.25, 0.3) is 5.56 Å². The molecule has 7 heteroatoms. The Morgan fingerprint density at radius 2 is 1.85 bits per heavy atom. The second kappa shape index (κ2) is 7.59. The van der Waals surface area contributed by atoms with E-state index in [0.29, 0.717) is 16.9 Å². The van der Waals surface area contributed by atoms with E-state index in [1.807, 2.05) is 24.3 Å². The number of rotatable bonds is 4. The number of carboxylic acid groups (broad SMARTS) is 1. The van der Waals surface area contributed by atoms with Gasteiger partial charge in [-0.15, -0.1) is 0 Å². The van der Waals surface area contributed by atoms with Crippen LogP contribution < -0.4 is 11.3 Å². The van der Waals surface area contributed by atoms with E-state index in [-0.39, 0.29) is 17.8 Å². The van der Waals surface area contributed by atoms with E-state index in [4.69, 9.17) is 5.73 Å². The molecule has 0 fully saturated rings. The standard InChI is InChI=1S/C27H22N4O3/c28-23-13-17(18-7-1-2-9-21(18)30-23)14-31-22-12-16-6-3-5-15(16)11-20(22)24(25(31)27(33)34)19-8-4-10-29-26(19)32/h1-2,4,7-13H,3,5-6,14H2,(H2,28,30)(H,29,32)(H,33,34). The number of fused-ring (bicyclic) bond motifs is 3. The van der Waals surface area contributed by atoms with Crippen LogP contribution in [0.5, 0.6) is 0 Å². The Labute approximate surface area is 194 Å². The lowest BCUT2D eigenvalue weighted by molar-refractivity contribution is 0.0687. The van der Waals surface area contributed by atoms with Crippen molar-refractivity contribution in [1.29, 1.82) is 0 Å². The van der Waals surface area contributed by atoms with E-state index in [1.165, 1.54) is 11.1 Å². The Bertz CT molecular complexity index is 1680. The molecule has 4 N–H and O–H groups in total. The van der Waals surface area contributed by atoms with Crippen molar-refractivity contribution in [3.63, 3.8) is 0 Å². The number of nitrogens with one attached hydrogen (secondary N) is 1. The van der Waals surface area contributed by atoms with E-state index < -0.39 is 5.97 Å². The molecule has 0 radical (unpaired) electrons. The fraction of sp³-hybridized carbons (Fsp3) is 0.148. The highest BCUT2D eigenvalue weighted by molar-refractivity contribution is 6.08. The van der Waals surface area contributed by atoms with Crippen LogP contribution in [-0.2, 0) is 19.4 Å². The Balaban J connectivity index is 1.70. The topological polar surface area (TPSA) is 114 Å². The number of nitrogens with zero attached hydrogens (tertiary/aromatic N) is 2. The molecular formula is C27H22N4O3. The Hall–Kier alpha value is -4.39. The van der Waals surface area contributed by atoms with Crippen LogP contribution in [0.1, 0.15) is 33.6 Å². The van der Waals surface area contributed by atoms with Gasteiger partial charge >= 0.3 is 5.97 Å². The zero-order valence-electron chi connectivity index (χ0n) is 18.3. The number of para-hydroxylation sites is 1. The number of hydrogen-bond donors (Lipinski definition) is 3. The fourth-order valence-corrected chi connectivity index (χ4v) is 5.27. The van der Waals surface area contributed by atoms with E-state index in [0.717, 1.165) is 46.6 Å². The fourth-order valence-electron chi connectivity index (χ4n) is 5.27. The summed E-state index contributed by atoms with van der Waals surface area (Å²) in [7, 11) is 0. The molecule has 3 heterocycles. The lowest BCUT2D eigenvalue weighted by atomic mass is 10.00. The Kier molecular flexibility index (Phi) is 4.52. The number of anilines is 1. The van der Waals surface area contributed by atoms with Crippen molar-refractivity contribution in [3.8, 4) is 11.1 Å². The van der Waals surface area contributed by atoms with E-state index >= 15 is 0 Å². The van der Waals surface area contributed by atoms with Crippen molar-refractivity contribution in [2.24, 2.45) is 0 Å². The highest BCUT2D eigenvalue weighted by atomic mass is 16.4. The van der Waals surface area contributed by atoms with Gasteiger partial charge in [0.15, 0.2) is 0 Å². The summed E-state index contributed by atoms with van der Waals surface area (Å²) < 4.78 is 1.80. The number of aromatic carboxylic acids is 1. The van der Waals surface area contributed by atoms with Crippen LogP contribution in [0.15, 0.2) is 65.6 Å². The monoisotopic (exact) mass is 450 g/mol. The molecule has 0 aliphatic heterocycles. The molecule has 7 nitrogen and oxygen atoms in total. The van der Waals surface area contributed by atoms with Gasteiger partial charge in [0.2, 0.25) is 0 Å². The second-order valence-corrected chi connectivity index (χ2v) is 8.74.